The van der Waals surface area contributed by atoms with Crippen molar-refractivity contribution in [1.29, 1.82) is 0 Å². The van der Waals surface area contributed by atoms with Crippen molar-refractivity contribution in [3.05, 3.63) is 0 Å². The molecule has 0 radical (unpaired) electrons. The van der Waals surface area contributed by atoms with Gasteiger partial charge in [-0.3, -0.25) is 0 Å². The molecule has 0 bridgehead atoms. The van der Waals surface area contributed by atoms with E-state index < -0.39 is 0 Å². The Morgan fingerprint density at radius 3 is 2.00 bits per heavy atom. The van der Waals surface area contributed by atoms with Crippen LogP contribution < -0.4 is 0 Å². The van der Waals surface area contributed by atoms with Gasteiger partial charge in [0.15, 0.2) is 0 Å². The van der Waals surface area contributed by atoms with Crippen LogP contribution in [0.25, 0.3) is 0 Å². The molecule has 0 N–H and O–H groups in total. The van der Waals surface area contributed by atoms with Gasteiger partial charge in [-0.2, -0.15) is 0 Å². The molecule has 114 valence electrons. The van der Waals surface area contributed by atoms with Crippen LogP contribution in [0.3, 0.4) is 0 Å². The monoisotopic (exact) mass is 266 g/mol. The van der Waals surface area contributed by atoms with Crippen molar-refractivity contribution >= 4 is 0 Å². The molecule has 1 fully saturated rings. The molecule has 0 aromatic rings. The quantitative estimate of drug-likeness (QED) is 0.529. The summed E-state index contributed by atoms with van der Waals surface area (Å²) in [5.41, 5.74) is 0.882. The molecule has 0 heterocycles. The normalized spacial score (nSPS) is 30.6. The molecule has 0 nitrogen and oxygen atoms in total. The van der Waals surface area contributed by atoms with E-state index in [2.05, 4.69) is 55.4 Å². The van der Waals surface area contributed by atoms with Crippen LogP contribution in [0.15, 0.2) is 0 Å². The van der Waals surface area contributed by atoms with E-state index in [0.717, 1.165) is 23.7 Å². The van der Waals surface area contributed by atoms with E-state index in [9.17, 15) is 0 Å². The fraction of sp³-hybridized carbons (Fsp3) is 1.00. The molecule has 19 heavy (non-hydrogen) atoms. The zero-order valence-corrected chi connectivity index (χ0v) is 14.8. The summed E-state index contributed by atoms with van der Waals surface area (Å²) in [6, 6.07) is 0. The summed E-state index contributed by atoms with van der Waals surface area (Å²) >= 11 is 0. The first-order chi connectivity index (χ1) is 8.56. The fourth-order valence-corrected chi connectivity index (χ4v) is 3.66. The molecule has 0 aromatic carbocycles. The Morgan fingerprint density at radius 2 is 1.58 bits per heavy atom. The highest BCUT2D eigenvalue weighted by atomic mass is 14.4. The van der Waals surface area contributed by atoms with Gasteiger partial charge in [0.25, 0.3) is 0 Å². The van der Waals surface area contributed by atoms with Crippen LogP contribution in [-0.4, -0.2) is 0 Å². The minimum absolute atomic E-state index is 0.422. The summed E-state index contributed by atoms with van der Waals surface area (Å²) in [5, 5.41) is 0. The molecule has 4 atom stereocenters. The zero-order chi connectivity index (χ0) is 14.8. The van der Waals surface area contributed by atoms with E-state index in [1.807, 2.05) is 0 Å². The maximum absolute atomic E-state index is 2.50. The predicted octanol–water partition coefficient (Wildman–Crippen LogP) is 6.55. The van der Waals surface area contributed by atoms with E-state index >= 15 is 0 Å². The van der Waals surface area contributed by atoms with Gasteiger partial charge in [0.1, 0.15) is 0 Å². The van der Waals surface area contributed by atoms with Crippen molar-refractivity contribution < 1.29 is 0 Å². The molecule has 0 saturated heterocycles. The minimum atomic E-state index is 0.422. The molecule has 1 saturated carbocycles. The van der Waals surface area contributed by atoms with Gasteiger partial charge in [0.05, 0.1) is 0 Å². The SMILES string of the molecule is CC1CCC(C(C)CCCC(C)(C)C(C)(C)C)C1C. The predicted molar refractivity (Wildman–Crippen MR) is 87.3 cm³/mol. The van der Waals surface area contributed by atoms with E-state index in [1.54, 1.807) is 0 Å². The molecule has 0 aromatic heterocycles. The Hall–Kier alpha value is 0. The lowest BCUT2D eigenvalue weighted by molar-refractivity contribution is 0.111. The highest BCUT2D eigenvalue weighted by Gasteiger charge is 2.35. The second-order valence-corrected chi connectivity index (χ2v) is 9.08. The van der Waals surface area contributed by atoms with Crippen LogP contribution >= 0.6 is 0 Å². The third kappa shape index (κ3) is 4.23. The van der Waals surface area contributed by atoms with Crippen LogP contribution in [0.2, 0.25) is 0 Å². The van der Waals surface area contributed by atoms with Gasteiger partial charge in [-0.1, -0.05) is 74.7 Å². The van der Waals surface area contributed by atoms with Crippen molar-refractivity contribution in [3.63, 3.8) is 0 Å². The average molecular weight is 267 g/mol. The first kappa shape index (κ1) is 17.1. The summed E-state index contributed by atoms with van der Waals surface area (Å²) < 4.78 is 0. The smallest absolute Gasteiger partial charge is 0.0306 e. The van der Waals surface area contributed by atoms with Crippen LogP contribution in [0.4, 0.5) is 0 Å². The maximum Gasteiger partial charge on any atom is -0.0306 e. The number of hydrogen-bond donors (Lipinski definition) is 0. The van der Waals surface area contributed by atoms with Gasteiger partial charge in [-0.05, 0) is 47.3 Å². The standard InChI is InChI=1S/C19H38/c1-14-11-12-17(16(14)3)15(2)10-9-13-19(7,8)18(4,5)6/h14-17H,9-13H2,1-8H3. The molecule has 1 aliphatic rings. The van der Waals surface area contributed by atoms with Gasteiger partial charge in [-0.25, -0.2) is 0 Å². The Balaban J connectivity index is 2.38. The Kier molecular flexibility index (Phi) is 5.55. The average Bonchev–Trinajstić information content (AvgIpc) is 2.57. The molecule has 1 rings (SSSR count). The Morgan fingerprint density at radius 1 is 1.00 bits per heavy atom. The summed E-state index contributed by atoms with van der Waals surface area (Å²) in [4.78, 5) is 0. The third-order valence-electron chi connectivity index (χ3n) is 6.75. The lowest BCUT2D eigenvalue weighted by Crippen LogP contribution is -2.29. The molecule has 4 unspecified atom stereocenters. The molecule has 0 aliphatic heterocycles. The van der Waals surface area contributed by atoms with Crippen LogP contribution in [0.5, 0.6) is 0 Å². The van der Waals surface area contributed by atoms with Crippen molar-refractivity contribution in [2.24, 2.45) is 34.5 Å². The molecule has 0 amide bonds. The van der Waals surface area contributed by atoms with Crippen LogP contribution in [-0.2, 0) is 0 Å². The molecule has 0 spiro atoms. The highest BCUT2D eigenvalue weighted by molar-refractivity contribution is 4.85. The highest BCUT2D eigenvalue weighted by Crippen LogP contribution is 2.44. The van der Waals surface area contributed by atoms with E-state index in [0.29, 0.717) is 10.8 Å². The van der Waals surface area contributed by atoms with E-state index in [4.69, 9.17) is 0 Å². The van der Waals surface area contributed by atoms with Gasteiger partial charge in [0.2, 0.25) is 0 Å². The topological polar surface area (TPSA) is 0 Å². The van der Waals surface area contributed by atoms with Gasteiger partial charge < -0.3 is 0 Å². The van der Waals surface area contributed by atoms with Gasteiger partial charge in [-0.15, -0.1) is 0 Å². The molecule has 1 aliphatic carbocycles. The van der Waals surface area contributed by atoms with Crippen LogP contribution in [0, 0.1) is 34.5 Å². The van der Waals surface area contributed by atoms with Gasteiger partial charge >= 0.3 is 0 Å². The van der Waals surface area contributed by atoms with E-state index in [1.165, 1.54) is 32.1 Å². The van der Waals surface area contributed by atoms with Crippen molar-refractivity contribution in [2.45, 2.75) is 87.5 Å². The first-order valence-corrected chi connectivity index (χ1v) is 8.56. The Bertz CT molecular complexity index is 268. The van der Waals surface area contributed by atoms with Crippen molar-refractivity contribution in [1.82, 2.24) is 0 Å². The summed E-state index contributed by atoms with van der Waals surface area (Å²) in [6.07, 6.45) is 7.15. The van der Waals surface area contributed by atoms with Crippen molar-refractivity contribution in [3.8, 4) is 0 Å². The molecular weight excluding hydrogens is 228 g/mol. The lowest BCUT2D eigenvalue weighted by atomic mass is 9.66. The number of hydrogen-bond acceptors (Lipinski definition) is 0. The molecule has 0 heteroatoms. The summed E-state index contributed by atoms with van der Waals surface area (Å²) in [7, 11) is 0. The Labute approximate surface area is 122 Å². The first-order valence-electron chi connectivity index (χ1n) is 8.56. The van der Waals surface area contributed by atoms with Gasteiger partial charge in [0, 0.05) is 0 Å². The fourth-order valence-electron chi connectivity index (χ4n) is 3.66. The third-order valence-corrected chi connectivity index (χ3v) is 6.75. The molecular formula is C19H38. The summed E-state index contributed by atoms with van der Waals surface area (Å²) in [6.45, 7) is 19.5. The second-order valence-electron chi connectivity index (χ2n) is 9.08. The lowest BCUT2D eigenvalue weighted by Gasteiger charge is -2.39. The largest absolute Gasteiger partial charge is 0.0622 e. The maximum atomic E-state index is 2.50. The number of rotatable bonds is 5. The summed E-state index contributed by atoms with van der Waals surface area (Å²) in [5.74, 6) is 3.83. The van der Waals surface area contributed by atoms with E-state index in [-0.39, 0.29) is 0 Å². The van der Waals surface area contributed by atoms with Crippen molar-refractivity contribution in [2.75, 3.05) is 0 Å². The second kappa shape index (κ2) is 6.19. The minimum Gasteiger partial charge on any atom is -0.0622 e. The zero-order valence-electron chi connectivity index (χ0n) is 14.8. The van der Waals surface area contributed by atoms with Crippen LogP contribution in [0.1, 0.15) is 87.5 Å².